The van der Waals surface area contributed by atoms with Gasteiger partial charge in [-0.2, -0.15) is 0 Å². The zero-order valence-corrected chi connectivity index (χ0v) is 14.4. The van der Waals surface area contributed by atoms with Crippen molar-refractivity contribution in [2.75, 3.05) is 13.7 Å². The highest BCUT2D eigenvalue weighted by Gasteiger charge is 2.45. The normalized spacial score (nSPS) is 25.0. The van der Waals surface area contributed by atoms with Crippen LogP contribution in [0.25, 0.3) is 0 Å². The fraction of sp³-hybridized carbons (Fsp3) is 0.533. The van der Waals surface area contributed by atoms with E-state index in [2.05, 4.69) is 5.32 Å². The third-order valence-electron chi connectivity index (χ3n) is 3.80. The molecule has 2 rings (SSSR count). The minimum absolute atomic E-state index is 0.159. The summed E-state index contributed by atoms with van der Waals surface area (Å²) in [6, 6.07) is 5.45. The molecule has 1 aliphatic carbocycles. The predicted octanol–water partition coefficient (Wildman–Crippen LogP) is 4.16. The Morgan fingerprint density at radius 2 is 2.29 bits per heavy atom. The van der Waals surface area contributed by atoms with Crippen LogP contribution in [-0.4, -0.2) is 30.4 Å². The molecule has 0 saturated heterocycles. The highest BCUT2D eigenvalue weighted by atomic mass is 35.5. The molecule has 116 valence electrons. The van der Waals surface area contributed by atoms with Crippen molar-refractivity contribution >= 4 is 40.9 Å². The SMILES string of the molecule is CCOC(=O)C1(NC)CCC(Sc2cc(Cl)ccc2Cl)C1. The number of likely N-dealkylation sites (N-methyl/N-ethyl adjacent to an activating group) is 1. The lowest BCUT2D eigenvalue weighted by Crippen LogP contribution is -2.49. The average Bonchev–Trinajstić information content (AvgIpc) is 2.88. The molecule has 2 unspecified atom stereocenters. The molecule has 0 aromatic heterocycles. The molecule has 1 saturated carbocycles. The van der Waals surface area contributed by atoms with Crippen molar-refractivity contribution in [2.45, 2.75) is 41.9 Å². The molecule has 1 fully saturated rings. The van der Waals surface area contributed by atoms with Gasteiger partial charge in [0, 0.05) is 15.2 Å². The van der Waals surface area contributed by atoms with E-state index >= 15 is 0 Å². The summed E-state index contributed by atoms with van der Waals surface area (Å²) in [7, 11) is 1.82. The van der Waals surface area contributed by atoms with Crippen LogP contribution in [0.1, 0.15) is 26.2 Å². The maximum atomic E-state index is 12.2. The molecule has 6 heteroatoms. The van der Waals surface area contributed by atoms with Gasteiger partial charge in [0.1, 0.15) is 5.54 Å². The first kappa shape index (κ1) is 16.9. The highest BCUT2D eigenvalue weighted by molar-refractivity contribution is 8.00. The van der Waals surface area contributed by atoms with Crippen LogP contribution >= 0.6 is 35.0 Å². The van der Waals surface area contributed by atoms with E-state index in [0.29, 0.717) is 21.9 Å². The number of nitrogens with one attached hydrogen (secondary N) is 1. The van der Waals surface area contributed by atoms with Gasteiger partial charge in [-0.3, -0.25) is 4.79 Å². The van der Waals surface area contributed by atoms with Gasteiger partial charge >= 0.3 is 5.97 Å². The fourth-order valence-electron chi connectivity index (χ4n) is 2.63. The number of halogens is 2. The minimum Gasteiger partial charge on any atom is -0.465 e. The van der Waals surface area contributed by atoms with E-state index in [1.165, 1.54) is 0 Å². The van der Waals surface area contributed by atoms with Crippen molar-refractivity contribution in [3.63, 3.8) is 0 Å². The monoisotopic (exact) mass is 347 g/mol. The Morgan fingerprint density at radius 1 is 1.52 bits per heavy atom. The van der Waals surface area contributed by atoms with Crippen LogP contribution in [0.4, 0.5) is 0 Å². The first-order valence-electron chi connectivity index (χ1n) is 6.98. The van der Waals surface area contributed by atoms with Crippen molar-refractivity contribution in [3.05, 3.63) is 28.2 Å². The largest absolute Gasteiger partial charge is 0.465 e. The number of thioether (sulfide) groups is 1. The number of benzene rings is 1. The van der Waals surface area contributed by atoms with E-state index in [4.69, 9.17) is 27.9 Å². The predicted molar refractivity (Wildman–Crippen MR) is 88.4 cm³/mol. The highest BCUT2D eigenvalue weighted by Crippen LogP contribution is 2.43. The number of hydrogen-bond acceptors (Lipinski definition) is 4. The molecule has 2 atom stereocenters. The van der Waals surface area contributed by atoms with E-state index in [0.717, 1.165) is 24.2 Å². The van der Waals surface area contributed by atoms with E-state index in [-0.39, 0.29) is 5.97 Å². The number of ether oxygens (including phenoxy) is 1. The molecule has 1 aromatic rings. The van der Waals surface area contributed by atoms with Crippen LogP contribution in [-0.2, 0) is 9.53 Å². The van der Waals surface area contributed by atoms with Gasteiger partial charge in [0.05, 0.1) is 11.6 Å². The van der Waals surface area contributed by atoms with Crippen molar-refractivity contribution in [1.29, 1.82) is 0 Å². The fourth-order valence-corrected chi connectivity index (χ4v) is 4.46. The van der Waals surface area contributed by atoms with Crippen LogP contribution in [0.5, 0.6) is 0 Å². The van der Waals surface area contributed by atoms with Crippen molar-refractivity contribution in [3.8, 4) is 0 Å². The second-order valence-corrected chi connectivity index (χ2v) is 7.30. The van der Waals surface area contributed by atoms with Crippen LogP contribution in [0, 0.1) is 0 Å². The zero-order chi connectivity index (χ0) is 15.5. The lowest BCUT2D eigenvalue weighted by molar-refractivity contribution is -0.150. The number of hydrogen-bond donors (Lipinski definition) is 1. The third-order valence-corrected chi connectivity index (χ3v) is 5.80. The van der Waals surface area contributed by atoms with Gasteiger partial charge in [-0.05, 0) is 51.4 Å². The van der Waals surface area contributed by atoms with Gasteiger partial charge in [-0.1, -0.05) is 23.2 Å². The first-order chi connectivity index (χ1) is 10.0. The molecule has 21 heavy (non-hydrogen) atoms. The summed E-state index contributed by atoms with van der Waals surface area (Å²) < 4.78 is 5.20. The Bertz CT molecular complexity index is 526. The molecular formula is C15H19Cl2NO2S. The molecule has 0 radical (unpaired) electrons. The van der Waals surface area contributed by atoms with E-state index < -0.39 is 5.54 Å². The first-order valence-corrected chi connectivity index (χ1v) is 8.62. The van der Waals surface area contributed by atoms with E-state index in [1.807, 2.05) is 20.0 Å². The molecule has 0 spiro atoms. The Labute approximate surface area is 139 Å². The summed E-state index contributed by atoms with van der Waals surface area (Å²) in [5, 5.41) is 4.84. The average molecular weight is 348 g/mol. The number of rotatable bonds is 5. The van der Waals surface area contributed by atoms with Crippen molar-refractivity contribution in [1.82, 2.24) is 5.32 Å². The summed E-state index contributed by atoms with van der Waals surface area (Å²) in [6.45, 7) is 2.23. The van der Waals surface area contributed by atoms with Gasteiger partial charge in [-0.25, -0.2) is 0 Å². The second kappa shape index (κ2) is 7.23. The summed E-state index contributed by atoms with van der Waals surface area (Å²) in [4.78, 5) is 13.1. The Hall–Kier alpha value is -0.420. The minimum atomic E-state index is -0.571. The van der Waals surface area contributed by atoms with Crippen molar-refractivity contribution in [2.24, 2.45) is 0 Å². The lowest BCUT2D eigenvalue weighted by atomic mass is 9.98. The van der Waals surface area contributed by atoms with Crippen molar-refractivity contribution < 1.29 is 9.53 Å². The van der Waals surface area contributed by atoms with Crippen LogP contribution < -0.4 is 5.32 Å². The number of carbonyl (C=O) groups excluding carboxylic acids is 1. The van der Waals surface area contributed by atoms with E-state index in [9.17, 15) is 4.79 Å². The summed E-state index contributed by atoms with van der Waals surface area (Å²) in [5.74, 6) is -0.159. The maximum absolute atomic E-state index is 12.2. The zero-order valence-electron chi connectivity index (χ0n) is 12.1. The Kier molecular flexibility index (Phi) is 5.83. The van der Waals surface area contributed by atoms with Gasteiger partial charge < -0.3 is 10.1 Å². The Balaban J connectivity index is 2.07. The Morgan fingerprint density at radius 3 is 2.95 bits per heavy atom. The summed E-state index contributed by atoms with van der Waals surface area (Å²) in [5.41, 5.74) is -0.571. The standard InChI is InChI=1S/C15H19Cl2NO2S/c1-3-20-14(19)15(18-2)7-6-11(9-15)21-13-8-10(16)4-5-12(13)17/h4-5,8,11,18H,3,6-7,9H2,1-2H3. The topological polar surface area (TPSA) is 38.3 Å². The molecule has 3 nitrogen and oxygen atoms in total. The molecule has 0 amide bonds. The van der Waals surface area contributed by atoms with Gasteiger partial charge in [0.15, 0.2) is 0 Å². The number of esters is 1. The lowest BCUT2D eigenvalue weighted by Gasteiger charge is -2.26. The quantitative estimate of drug-likeness (QED) is 0.811. The summed E-state index contributed by atoms with van der Waals surface area (Å²) in [6.07, 6.45) is 2.45. The third kappa shape index (κ3) is 3.86. The second-order valence-electron chi connectivity index (χ2n) is 5.11. The molecular weight excluding hydrogens is 329 g/mol. The van der Waals surface area contributed by atoms with Gasteiger partial charge in [0.2, 0.25) is 0 Å². The van der Waals surface area contributed by atoms with Crippen LogP contribution in [0.2, 0.25) is 10.0 Å². The summed E-state index contributed by atoms with van der Waals surface area (Å²) >= 11 is 13.9. The van der Waals surface area contributed by atoms with Crippen LogP contribution in [0.15, 0.2) is 23.1 Å². The maximum Gasteiger partial charge on any atom is 0.326 e. The number of carbonyl (C=O) groups is 1. The van der Waals surface area contributed by atoms with Gasteiger partial charge in [0.25, 0.3) is 0 Å². The molecule has 1 N–H and O–H groups in total. The van der Waals surface area contributed by atoms with Crippen LogP contribution in [0.3, 0.4) is 0 Å². The molecule has 0 bridgehead atoms. The van der Waals surface area contributed by atoms with Gasteiger partial charge in [-0.15, -0.1) is 11.8 Å². The van der Waals surface area contributed by atoms with E-state index in [1.54, 1.807) is 23.9 Å². The smallest absolute Gasteiger partial charge is 0.326 e. The molecule has 0 heterocycles. The molecule has 0 aliphatic heterocycles. The molecule has 1 aliphatic rings. The molecule has 1 aromatic carbocycles.